The molecule has 0 radical (unpaired) electrons. The fourth-order valence-corrected chi connectivity index (χ4v) is 2.93. The number of carbonyl (C=O) groups is 1. The number of nitrogens with one attached hydrogen (secondary N) is 2. The Morgan fingerprint density at radius 1 is 1.00 bits per heavy atom. The molecule has 0 aliphatic carbocycles. The van der Waals surface area contributed by atoms with Gasteiger partial charge in [0.15, 0.2) is 0 Å². The molecule has 2 aromatic rings. The minimum Gasteiger partial charge on any atom is -0.326 e. The van der Waals surface area contributed by atoms with Crippen molar-refractivity contribution in [1.82, 2.24) is 9.97 Å². The molecule has 0 spiro atoms. The van der Waals surface area contributed by atoms with Gasteiger partial charge >= 0.3 is 0 Å². The summed E-state index contributed by atoms with van der Waals surface area (Å²) in [5.74, 6) is -0.118. The first-order valence-corrected chi connectivity index (χ1v) is 9.22. The van der Waals surface area contributed by atoms with Gasteiger partial charge in [0.1, 0.15) is 0 Å². The van der Waals surface area contributed by atoms with Crippen molar-refractivity contribution in [3.63, 3.8) is 0 Å². The molecular weight excluding hydrogens is 340 g/mol. The van der Waals surface area contributed by atoms with Crippen molar-refractivity contribution in [2.24, 2.45) is 5.41 Å². The van der Waals surface area contributed by atoms with Crippen molar-refractivity contribution in [1.29, 1.82) is 0 Å². The van der Waals surface area contributed by atoms with Crippen LogP contribution in [0.2, 0.25) is 0 Å². The second-order valence-electron chi connectivity index (χ2n) is 6.81. The fourth-order valence-electron chi connectivity index (χ4n) is 1.99. The van der Waals surface area contributed by atoms with E-state index in [1.54, 1.807) is 52.8 Å². The maximum Gasteiger partial charge on any atom is 0.264 e. The first kappa shape index (κ1) is 18.9. The Morgan fingerprint density at radius 2 is 1.52 bits per heavy atom. The molecule has 1 aromatic heterocycles. The lowest BCUT2D eigenvalue weighted by molar-refractivity contribution is -0.123. The van der Waals surface area contributed by atoms with E-state index in [4.69, 9.17) is 0 Å². The van der Waals surface area contributed by atoms with Crippen LogP contribution in [0.3, 0.4) is 0 Å². The van der Waals surface area contributed by atoms with Crippen molar-refractivity contribution in [2.45, 2.75) is 39.5 Å². The number of anilines is 2. The fraction of sp³-hybridized carbons (Fsp3) is 0.353. The summed E-state index contributed by atoms with van der Waals surface area (Å²) < 4.78 is 27.2. The second-order valence-corrected chi connectivity index (χ2v) is 8.49. The highest BCUT2D eigenvalue weighted by Crippen LogP contribution is 2.20. The Kier molecular flexibility index (Phi) is 5.12. The van der Waals surface area contributed by atoms with Gasteiger partial charge < -0.3 is 5.32 Å². The number of nitrogens with zero attached hydrogens (tertiary/aromatic N) is 2. The van der Waals surface area contributed by atoms with Gasteiger partial charge in [-0.05, 0) is 44.2 Å². The number of benzene rings is 1. The molecule has 0 unspecified atom stereocenters. The third kappa shape index (κ3) is 4.99. The molecule has 134 valence electrons. The van der Waals surface area contributed by atoms with E-state index in [0.717, 1.165) is 0 Å². The monoisotopic (exact) mass is 362 g/mol. The zero-order chi connectivity index (χ0) is 18.8. The Hall–Kier alpha value is -2.48. The number of sulfonamides is 1. The number of hydrogen-bond donors (Lipinski definition) is 2. The van der Waals surface area contributed by atoms with Crippen molar-refractivity contribution in [3.8, 4) is 0 Å². The normalized spacial score (nSPS) is 11.9. The first-order valence-electron chi connectivity index (χ1n) is 7.74. The minimum atomic E-state index is -3.81. The van der Waals surface area contributed by atoms with Crippen molar-refractivity contribution >= 4 is 27.6 Å². The number of rotatable bonds is 4. The van der Waals surface area contributed by atoms with Gasteiger partial charge in [-0.2, -0.15) is 0 Å². The van der Waals surface area contributed by atoms with Gasteiger partial charge in [0, 0.05) is 22.5 Å². The summed E-state index contributed by atoms with van der Waals surface area (Å²) in [5.41, 5.74) is 1.34. The van der Waals surface area contributed by atoms with Gasteiger partial charge in [-0.1, -0.05) is 20.8 Å². The smallest absolute Gasteiger partial charge is 0.264 e. The predicted molar refractivity (Wildman–Crippen MR) is 96.8 cm³/mol. The van der Waals surface area contributed by atoms with E-state index >= 15 is 0 Å². The number of hydrogen-bond acceptors (Lipinski definition) is 5. The van der Waals surface area contributed by atoms with Crippen LogP contribution in [0.4, 0.5) is 11.6 Å². The quantitative estimate of drug-likeness (QED) is 0.871. The molecule has 0 fully saturated rings. The summed E-state index contributed by atoms with van der Waals surface area (Å²) in [6.45, 7) is 8.93. The molecule has 8 heteroatoms. The van der Waals surface area contributed by atoms with Gasteiger partial charge in [0.25, 0.3) is 10.0 Å². The van der Waals surface area contributed by atoms with E-state index in [-0.39, 0.29) is 16.8 Å². The summed E-state index contributed by atoms with van der Waals surface area (Å²) >= 11 is 0. The molecule has 0 saturated heterocycles. The molecule has 0 aliphatic rings. The van der Waals surface area contributed by atoms with Crippen molar-refractivity contribution < 1.29 is 13.2 Å². The van der Waals surface area contributed by atoms with E-state index in [0.29, 0.717) is 17.1 Å². The molecule has 2 rings (SSSR count). The zero-order valence-electron chi connectivity index (χ0n) is 14.9. The van der Waals surface area contributed by atoms with Crippen LogP contribution in [0.5, 0.6) is 0 Å². The van der Waals surface area contributed by atoms with Gasteiger partial charge in [0.2, 0.25) is 11.9 Å². The average Bonchev–Trinajstić information content (AvgIpc) is 2.45. The van der Waals surface area contributed by atoms with Gasteiger partial charge in [-0.15, -0.1) is 0 Å². The molecule has 1 aromatic carbocycles. The summed E-state index contributed by atoms with van der Waals surface area (Å²) in [6, 6.07) is 7.68. The molecule has 1 heterocycles. The SMILES string of the molecule is Cc1cc(C)nc(NS(=O)(=O)c2ccc(NC(=O)C(C)(C)C)cc2)n1. The predicted octanol–water partition coefficient (Wildman–Crippen LogP) is 2.88. The van der Waals surface area contributed by atoms with E-state index < -0.39 is 15.4 Å². The van der Waals surface area contributed by atoms with Crippen molar-refractivity contribution in [2.75, 3.05) is 10.0 Å². The Balaban J connectivity index is 2.19. The Bertz CT molecular complexity index is 865. The highest BCUT2D eigenvalue weighted by Gasteiger charge is 2.21. The van der Waals surface area contributed by atoms with Gasteiger partial charge in [-0.3, -0.25) is 4.79 Å². The zero-order valence-corrected chi connectivity index (χ0v) is 15.7. The molecule has 7 nitrogen and oxygen atoms in total. The van der Waals surface area contributed by atoms with E-state index in [9.17, 15) is 13.2 Å². The van der Waals surface area contributed by atoms with Crippen LogP contribution in [0, 0.1) is 19.3 Å². The Morgan fingerprint density at radius 3 is 2.00 bits per heavy atom. The number of carbonyl (C=O) groups excluding carboxylic acids is 1. The summed E-state index contributed by atoms with van der Waals surface area (Å²) in [7, 11) is -3.81. The molecule has 1 amide bonds. The first-order chi connectivity index (χ1) is 11.5. The van der Waals surface area contributed by atoms with Crippen LogP contribution < -0.4 is 10.0 Å². The maximum atomic E-state index is 12.4. The number of amides is 1. The Labute approximate surface area is 148 Å². The van der Waals surface area contributed by atoms with E-state index in [1.807, 2.05) is 0 Å². The number of aryl methyl sites for hydroxylation is 2. The van der Waals surface area contributed by atoms with E-state index in [1.165, 1.54) is 12.1 Å². The third-order valence-electron chi connectivity index (χ3n) is 3.31. The molecule has 0 atom stereocenters. The molecule has 0 aliphatic heterocycles. The van der Waals surface area contributed by atoms with Crippen LogP contribution in [-0.4, -0.2) is 24.3 Å². The standard InChI is InChI=1S/C17H22N4O3S/c1-11-10-12(2)19-16(18-11)21-25(23,24)14-8-6-13(7-9-14)20-15(22)17(3,4)5/h6-10H,1-5H3,(H,20,22)(H,18,19,21). The third-order valence-corrected chi connectivity index (χ3v) is 4.66. The van der Waals surface area contributed by atoms with Crippen LogP contribution >= 0.6 is 0 Å². The highest BCUT2D eigenvalue weighted by molar-refractivity contribution is 7.92. The van der Waals surface area contributed by atoms with Gasteiger partial charge in [0.05, 0.1) is 4.90 Å². The lowest BCUT2D eigenvalue weighted by atomic mass is 9.95. The number of aromatic nitrogens is 2. The molecule has 0 bridgehead atoms. The lowest BCUT2D eigenvalue weighted by Crippen LogP contribution is -2.27. The van der Waals surface area contributed by atoms with Gasteiger partial charge in [-0.25, -0.2) is 23.1 Å². The topological polar surface area (TPSA) is 101 Å². The van der Waals surface area contributed by atoms with E-state index in [2.05, 4.69) is 20.0 Å². The lowest BCUT2D eigenvalue weighted by Gasteiger charge is -2.17. The second kappa shape index (κ2) is 6.79. The largest absolute Gasteiger partial charge is 0.326 e. The maximum absolute atomic E-state index is 12.4. The summed E-state index contributed by atoms with van der Waals surface area (Å²) in [5, 5.41) is 2.75. The van der Waals surface area contributed by atoms with Crippen LogP contribution in [0.15, 0.2) is 35.2 Å². The summed E-state index contributed by atoms with van der Waals surface area (Å²) in [4.78, 5) is 20.2. The molecular formula is C17H22N4O3S. The van der Waals surface area contributed by atoms with Crippen molar-refractivity contribution in [3.05, 3.63) is 41.7 Å². The average molecular weight is 362 g/mol. The van der Waals surface area contributed by atoms with Crippen LogP contribution in [-0.2, 0) is 14.8 Å². The summed E-state index contributed by atoms with van der Waals surface area (Å²) in [6.07, 6.45) is 0. The molecule has 2 N–H and O–H groups in total. The van der Waals surface area contributed by atoms with Crippen LogP contribution in [0.25, 0.3) is 0 Å². The minimum absolute atomic E-state index is 0.0302. The van der Waals surface area contributed by atoms with Crippen LogP contribution in [0.1, 0.15) is 32.2 Å². The molecule has 25 heavy (non-hydrogen) atoms. The molecule has 0 saturated carbocycles. The highest BCUT2D eigenvalue weighted by atomic mass is 32.2.